The molecule has 1 aromatic heterocycles. The van der Waals surface area contributed by atoms with E-state index in [2.05, 4.69) is 58.1 Å². The molecule has 146 valence electrons. The van der Waals surface area contributed by atoms with Crippen molar-refractivity contribution >= 4 is 10.9 Å². The number of hydrogen-bond donors (Lipinski definition) is 1. The number of aryl methyl sites for hydroxylation is 2. The summed E-state index contributed by atoms with van der Waals surface area (Å²) >= 11 is 0. The molecule has 0 aliphatic carbocycles. The Morgan fingerprint density at radius 2 is 1.57 bits per heavy atom. The predicted octanol–water partition coefficient (Wildman–Crippen LogP) is 3.72. The Balaban J connectivity index is 1.47. The number of fused-ring (bicyclic) bond motifs is 1. The Bertz CT molecular complexity index is 1000. The fraction of sp³-hybridized carbons (Fsp3) is 0.375. The summed E-state index contributed by atoms with van der Waals surface area (Å²) in [7, 11) is 0. The Labute approximate surface area is 166 Å². The maximum Gasteiger partial charge on any atom is 0.194 e. The number of hydrogen-bond acceptors (Lipinski definition) is 3. The normalized spacial score (nSPS) is 15.9. The third-order valence-corrected chi connectivity index (χ3v) is 5.91. The largest absolute Gasteiger partial charge is 0.358 e. The van der Waals surface area contributed by atoms with E-state index in [1.54, 1.807) is 0 Å². The zero-order valence-corrected chi connectivity index (χ0v) is 16.9. The maximum absolute atomic E-state index is 13.1. The molecule has 4 nitrogen and oxygen atoms in total. The molecule has 4 rings (SSSR count). The molecule has 1 aliphatic heterocycles. The predicted molar refractivity (Wildman–Crippen MR) is 116 cm³/mol. The van der Waals surface area contributed by atoms with E-state index in [0.29, 0.717) is 0 Å². The quantitative estimate of drug-likeness (QED) is 0.739. The molecule has 0 atom stereocenters. The highest BCUT2D eigenvalue weighted by Gasteiger charge is 2.20. The highest BCUT2D eigenvalue weighted by atomic mass is 16.1. The monoisotopic (exact) mass is 375 g/mol. The van der Waals surface area contributed by atoms with E-state index in [4.69, 9.17) is 0 Å². The van der Waals surface area contributed by atoms with Gasteiger partial charge in [-0.1, -0.05) is 49.4 Å². The van der Waals surface area contributed by atoms with E-state index in [1.807, 2.05) is 19.1 Å². The molecule has 0 amide bonds. The topological polar surface area (TPSA) is 39.3 Å². The number of H-pyrrole nitrogens is 1. The molecule has 3 aromatic rings. The molecule has 1 saturated heterocycles. The lowest BCUT2D eigenvalue weighted by Crippen LogP contribution is -2.46. The number of aromatic amines is 1. The van der Waals surface area contributed by atoms with Crippen LogP contribution >= 0.6 is 0 Å². The summed E-state index contributed by atoms with van der Waals surface area (Å²) in [6.07, 6.45) is 0.926. The van der Waals surface area contributed by atoms with Crippen LogP contribution in [0.5, 0.6) is 0 Å². The van der Waals surface area contributed by atoms with Crippen molar-refractivity contribution in [3.8, 4) is 0 Å². The molecule has 0 bridgehead atoms. The first-order valence-electron chi connectivity index (χ1n) is 10.3. The molecule has 0 unspecified atom stereocenters. The fourth-order valence-electron chi connectivity index (χ4n) is 4.19. The highest BCUT2D eigenvalue weighted by Crippen LogP contribution is 2.18. The lowest BCUT2D eigenvalue weighted by atomic mass is 10.0. The van der Waals surface area contributed by atoms with E-state index in [1.165, 1.54) is 11.1 Å². The van der Waals surface area contributed by atoms with Crippen molar-refractivity contribution in [1.29, 1.82) is 0 Å². The van der Waals surface area contributed by atoms with Crippen molar-refractivity contribution in [2.75, 3.05) is 26.2 Å². The molecule has 2 heterocycles. The van der Waals surface area contributed by atoms with E-state index in [0.717, 1.165) is 67.8 Å². The lowest BCUT2D eigenvalue weighted by molar-refractivity contribution is 0.121. The number of aromatic nitrogens is 1. The lowest BCUT2D eigenvalue weighted by Gasteiger charge is -2.34. The van der Waals surface area contributed by atoms with Crippen molar-refractivity contribution in [1.82, 2.24) is 14.8 Å². The smallest absolute Gasteiger partial charge is 0.194 e. The van der Waals surface area contributed by atoms with Gasteiger partial charge in [-0.2, -0.15) is 0 Å². The van der Waals surface area contributed by atoms with E-state index in [9.17, 15) is 4.79 Å². The van der Waals surface area contributed by atoms with Crippen LogP contribution in [-0.2, 0) is 19.5 Å². The average Bonchev–Trinajstić information content (AvgIpc) is 2.73. The number of nitrogens with zero attached hydrogens (tertiary/aromatic N) is 2. The third-order valence-electron chi connectivity index (χ3n) is 5.91. The molecular formula is C24H29N3O. The SMILES string of the molecule is CCc1cccc2c(=O)c(CN3CCN(Cc4ccccc4)CC3)c(C)[nH]c12. The van der Waals surface area contributed by atoms with Crippen molar-refractivity contribution in [2.45, 2.75) is 33.4 Å². The summed E-state index contributed by atoms with van der Waals surface area (Å²) < 4.78 is 0. The van der Waals surface area contributed by atoms with Gasteiger partial charge < -0.3 is 4.98 Å². The minimum absolute atomic E-state index is 0.188. The summed E-state index contributed by atoms with van der Waals surface area (Å²) in [4.78, 5) is 21.6. The van der Waals surface area contributed by atoms with Gasteiger partial charge in [0.25, 0.3) is 0 Å². The van der Waals surface area contributed by atoms with E-state index in [-0.39, 0.29) is 5.43 Å². The first-order valence-corrected chi connectivity index (χ1v) is 10.3. The molecule has 28 heavy (non-hydrogen) atoms. The molecule has 2 aromatic carbocycles. The van der Waals surface area contributed by atoms with Gasteiger partial charge in [0.15, 0.2) is 5.43 Å². The summed E-state index contributed by atoms with van der Waals surface area (Å²) in [5, 5.41) is 0.822. The molecule has 1 N–H and O–H groups in total. The summed E-state index contributed by atoms with van der Waals surface area (Å²) in [5.41, 5.74) is 5.68. The summed E-state index contributed by atoms with van der Waals surface area (Å²) in [6, 6.07) is 16.7. The number of para-hydroxylation sites is 1. The van der Waals surface area contributed by atoms with Gasteiger partial charge in [-0.05, 0) is 30.5 Å². The standard InChI is InChI=1S/C24H29N3O/c1-3-20-10-7-11-21-23(20)25-18(2)22(24(21)28)17-27-14-12-26(13-15-27)16-19-8-5-4-6-9-19/h4-11H,3,12-17H2,1-2H3,(H,25,28). The molecule has 1 fully saturated rings. The van der Waals surface area contributed by atoms with E-state index < -0.39 is 0 Å². The van der Waals surface area contributed by atoms with Gasteiger partial charge in [-0.3, -0.25) is 14.6 Å². The Morgan fingerprint density at radius 1 is 0.893 bits per heavy atom. The second-order valence-electron chi connectivity index (χ2n) is 7.79. The fourth-order valence-corrected chi connectivity index (χ4v) is 4.19. The first-order chi connectivity index (χ1) is 13.7. The highest BCUT2D eigenvalue weighted by molar-refractivity contribution is 5.82. The van der Waals surface area contributed by atoms with Crippen LogP contribution < -0.4 is 5.43 Å². The molecular weight excluding hydrogens is 346 g/mol. The number of piperazine rings is 1. The van der Waals surface area contributed by atoms with Gasteiger partial charge in [0.2, 0.25) is 0 Å². The van der Waals surface area contributed by atoms with Crippen LogP contribution in [0, 0.1) is 6.92 Å². The van der Waals surface area contributed by atoms with Gasteiger partial charge in [0.05, 0.1) is 5.52 Å². The third kappa shape index (κ3) is 3.89. The Kier molecular flexibility index (Phi) is 5.60. The van der Waals surface area contributed by atoms with Gasteiger partial charge in [0, 0.05) is 55.9 Å². The van der Waals surface area contributed by atoms with Crippen LogP contribution in [0.2, 0.25) is 0 Å². The van der Waals surface area contributed by atoms with Crippen molar-refractivity contribution < 1.29 is 0 Å². The summed E-state index contributed by atoms with van der Waals surface area (Å²) in [6.45, 7) is 9.98. The van der Waals surface area contributed by atoms with Crippen LogP contribution in [0.3, 0.4) is 0 Å². The second-order valence-corrected chi connectivity index (χ2v) is 7.79. The van der Waals surface area contributed by atoms with Gasteiger partial charge in [-0.15, -0.1) is 0 Å². The number of pyridine rings is 1. The molecule has 0 spiro atoms. The van der Waals surface area contributed by atoms with Gasteiger partial charge in [-0.25, -0.2) is 0 Å². The van der Waals surface area contributed by atoms with E-state index >= 15 is 0 Å². The second kappa shape index (κ2) is 8.29. The van der Waals surface area contributed by atoms with Crippen molar-refractivity contribution in [3.63, 3.8) is 0 Å². The molecule has 4 heteroatoms. The zero-order chi connectivity index (χ0) is 19.5. The minimum atomic E-state index is 0.188. The van der Waals surface area contributed by atoms with Crippen LogP contribution in [-0.4, -0.2) is 41.0 Å². The average molecular weight is 376 g/mol. The first kappa shape index (κ1) is 18.9. The summed E-state index contributed by atoms with van der Waals surface area (Å²) in [5.74, 6) is 0. The molecule has 0 radical (unpaired) electrons. The zero-order valence-electron chi connectivity index (χ0n) is 16.9. The van der Waals surface area contributed by atoms with Gasteiger partial charge in [0.1, 0.15) is 0 Å². The van der Waals surface area contributed by atoms with Crippen LogP contribution in [0.4, 0.5) is 0 Å². The number of nitrogens with one attached hydrogen (secondary N) is 1. The number of rotatable bonds is 5. The molecule has 0 saturated carbocycles. The number of benzene rings is 2. The van der Waals surface area contributed by atoms with Gasteiger partial charge >= 0.3 is 0 Å². The van der Waals surface area contributed by atoms with Crippen LogP contribution in [0.15, 0.2) is 53.3 Å². The van der Waals surface area contributed by atoms with Crippen LogP contribution in [0.1, 0.15) is 29.3 Å². The molecule has 1 aliphatic rings. The van der Waals surface area contributed by atoms with Crippen molar-refractivity contribution in [2.24, 2.45) is 0 Å². The maximum atomic E-state index is 13.1. The van der Waals surface area contributed by atoms with Crippen LogP contribution in [0.25, 0.3) is 10.9 Å². The van der Waals surface area contributed by atoms with Crippen molar-refractivity contribution in [3.05, 3.63) is 81.1 Å². The Morgan fingerprint density at radius 3 is 2.25 bits per heavy atom. The Hall–Kier alpha value is -2.43. The minimum Gasteiger partial charge on any atom is -0.358 e.